The Morgan fingerprint density at radius 2 is 1.82 bits per heavy atom. The molecule has 0 bridgehead atoms. The van der Waals surface area contributed by atoms with E-state index in [0.717, 1.165) is 22.3 Å². The standard InChI is InChI=1S/C21H25N3O3S/c1-14-7-6-8-18-19(14)22-21(28-18)24(12-11-23(2)3)20(25)15-9-10-16(26-4)17(13-15)27-5/h6-10,13H,11-12H2,1-5H3. The lowest BCUT2D eigenvalue weighted by atomic mass is 10.1. The Kier molecular flexibility index (Phi) is 6.16. The molecule has 0 N–H and O–H groups in total. The molecule has 0 aliphatic heterocycles. The van der Waals surface area contributed by atoms with Crippen molar-refractivity contribution in [3.8, 4) is 11.5 Å². The third-order valence-corrected chi connectivity index (χ3v) is 5.53. The summed E-state index contributed by atoms with van der Waals surface area (Å²) in [5, 5.41) is 0.700. The first kappa shape index (κ1) is 20.1. The van der Waals surface area contributed by atoms with E-state index in [-0.39, 0.29) is 5.91 Å². The number of rotatable bonds is 7. The Morgan fingerprint density at radius 1 is 1.07 bits per heavy atom. The van der Waals surface area contributed by atoms with E-state index in [1.165, 1.54) is 11.3 Å². The van der Waals surface area contributed by atoms with Crippen molar-refractivity contribution < 1.29 is 14.3 Å². The van der Waals surface area contributed by atoms with Gasteiger partial charge in [-0.2, -0.15) is 0 Å². The fraction of sp³-hybridized carbons (Fsp3) is 0.333. The lowest BCUT2D eigenvalue weighted by molar-refractivity contribution is 0.0985. The number of aryl methyl sites for hydroxylation is 1. The van der Waals surface area contributed by atoms with Crippen molar-refractivity contribution in [2.24, 2.45) is 0 Å². The fourth-order valence-corrected chi connectivity index (χ4v) is 3.97. The third-order valence-electron chi connectivity index (χ3n) is 4.49. The molecule has 2 aromatic carbocycles. The maximum absolute atomic E-state index is 13.4. The number of aromatic nitrogens is 1. The summed E-state index contributed by atoms with van der Waals surface area (Å²) >= 11 is 1.53. The van der Waals surface area contributed by atoms with Crippen LogP contribution in [0.3, 0.4) is 0 Å². The molecule has 1 amide bonds. The van der Waals surface area contributed by atoms with Crippen molar-refractivity contribution in [1.29, 1.82) is 0 Å². The van der Waals surface area contributed by atoms with Crippen LogP contribution in [-0.4, -0.2) is 57.2 Å². The van der Waals surface area contributed by atoms with Gasteiger partial charge in [0.2, 0.25) is 0 Å². The smallest absolute Gasteiger partial charge is 0.260 e. The number of likely N-dealkylation sites (N-methyl/N-ethyl adjacent to an activating group) is 1. The van der Waals surface area contributed by atoms with Gasteiger partial charge in [0.15, 0.2) is 16.6 Å². The summed E-state index contributed by atoms with van der Waals surface area (Å²) in [6.45, 7) is 3.30. The van der Waals surface area contributed by atoms with Gasteiger partial charge in [-0.05, 0) is 50.8 Å². The van der Waals surface area contributed by atoms with Crippen LogP contribution in [0.2, 0.25) is 0 Å². The second-order valence-corrected chi connectivity index (χ2v) is 7.76. The van der Waals surface area contributed by atoms with E-state index in [0.29, 0.717) is 28.7 Å². The van der Waals surface area contributed by atoms with Crippen LogP contribution in [0.15, 0.2) is 36.4 Å². The number of hydrogen-bond acceptors (Lipinski definition) is 6. The highest BCUT2D eigenvalue weighted by Gasteiger charge is 2.23. The fourth-order valence-electron chi connectivity index (χ4n) is 2.90. The number of amides is 1. The average Bonchev–Trinajstić information content (AvgIpc) is 3.12. The number of thiazole rings is 1. The number of hydrogen-bond donors (Lipinski definition) is 0. The van der Waals surface area contributed by atoms with Crippen molar-refractivity contribution in [3.63, 3.8) is 0 Å². The van der Waals surface area contributed by atoms with Gasteiger partial charge >= 0.3 is 0 Å². The van der Waals surface area contributed by atoms with Crippen molar-refractivity contribution in [2.75, 3.05) is 46.3 Å². The average molecular weight is 400 g/mol. The van der Waals surface area contributed by atoms with Crippen molar-refractivity contribution >= 4 is 32.6 Å². The molecule has 0 saturated heterocycles. The molecule has 0 spiro atoms. The number of anilines is 1. The van der Waals surface area contributed by atoms with Crippen LogP contribution in [0.25, 0.3) is 10.2 Å². The lowest BCUT2D eigenvalue weighted by Gasteiger charge is -2.22. The number of benzene rings is 2. The van der Waals surface area contributed by atoms with Crippen molar-refractivity contribution in [1.82, 2.24) is 9.88 Å². The number of para-hydroxylation sites is 1. The molecule has 148 valence electrons. The van der Waals surface area contributed by atoms with Crippen LogP contribution in [-0.2, 0) is 0 Å². The van der Waals surface area contributed by atoms with Crippen LogP contribution < -0.4 is 14.4 Å². The third kappa shape index (κ3) is 4.10. The molecule has 1 aromatic heterocycles. The zero-order valence-electron chi connectivity index (χ0n) is 16.9. The second-order valence-electron chi connectivity index (χ2n) is 6.75. The number of methoxy groups -OCH3 is 2. The highest BCUT2D eigenvalue weighted by molar-refractivity contribution is 7.22. The van der Waals surface area contributed by atoms with Gasteiger partial charge in [0.1, 0.15) is 0 Å². The van der Waals surface area contributed by atoms with Gasteiger partial charge in [0.05, 0.1) is 24.4 Å². The summed E-state index contributed by atoms with van der Waals surface area (Å²) in [5.74, 6) is 1.01. The predicted octanol–water partition coefficient (Wildman–Crippen LogP) is 3.83. The van der Waals surface area contributed by atoms with Crippen LogP contribution in [0.4, 0.5) is 5.13 Å². The van der Waals surface area contributed by atoms with Gasteiger partial charge in [-0.3, -0.25) is 9.69 Å². The normalized spacial score (nSPS) is 11.1. The largest absolute Gasteiger partial charge is 0.493 e. The topological polar surface area (TPSA) is 54.9 Å². The number of fused-ring (bicyclic) bond motifs is 1. The van der Waals surface area contributed by atoms with E-state index >= 15 is 0 Å². The van der Waals surface area contributed by atoms with Crippen LogP contribution >= 0.6 is 11.3 Å². The first-order valence-electron chi connectivity index (χ1n) is 8.99. The Morgan fingerprint density at radius 3 is 2.46 bits per heavy atom. The second kappa shape index (κ2) is 8.58. The van der Waals surface area contributed by atoms with E-state index in [9.17, 15) is 4.79 Å². The number of ether oxygens (including phenoxy) is 2. The quantitative estimate of drug-likeness (QED) is 0.604. The first-order valence-corrected chi connectivity index (χ1v) is 9.81. The number of carbonyl (C=O) groups is 1. The van der Waals surface area contributed by atoms with Gasteiger partial charge in [-0.25, -0.2) is 4.98 Å². The summed E-state index contributed by atoms with van der Waals surface area (Å²) in [6.07, 6.45) is 0. The Balaban J connectivity index is 2.01. The monoisotopic (exact) mass is 399 g/mol. The molecule has 3 aromatic rings. The molecule has 3 rings (SSSR count). The van der Waals surface area contributed by atoms with Gasteiger partial charge < -0.3 is 14.4 Å². The number of carbonyl (C=O) groups excluding carboxylic acids is 1. The Bertz CT molecular complexity index is 984. The zero-order valence-corrected chi connectivity index (χ0v) is 17.7. The van der Waals surface area contributed by atoms with Crippen LogP contribution in [0.5, 0.6) is 11.5 Å². The van der Waals surface area contributed by atoms with E-state index in [2.05, 4.69) is 0 Å². The highest BCUT2D eigenvalue weighted by atomic mass is 32.1. The lowest BCUT2D eigenvalue weighted by Crippen LogP contribution is -2.36. The molecule has 1 heterocycles. The van der Waals surface area contributed by atoms with Crippen LogP contribution in [0.1, 0.15) is 15.9 Å². The first-order chi connectivity index (χ1) is 13.4. The molecule has 0 fully saturated rings. The predicted molar refractivity (Wildman–Crippen MR) is 114 cm³/mol. The zero-order chi connectivity index (χ0) is 20.3. The van der Waals surface area contributed by atoms with E-state index in [4.69, 9.17) is 14.5 Å². The molecular weight excluding hydrogens is 374 g/mol. The van der Waals surface area contributed by atoms with Crippen molar-refractivity contribution in [3.05, 3.63) is 47.5 Å². The van der Waals surface area contributed by atoms with Gasteiger partial charge in [-0.1, -0.05) is 23.5 Å². The summed E-state index contributed by atoms with van der Waals surface area (Å²) in [4.78, 5) is 21.9. The Labute approximate surface area is 169 Å². The minimum Gasteiger partial charge on any atom is -0.493 e. The highest BCUT2D eigenvalue weighted by Crippen LogP contribution is 2.33. The van der Waals surface area contributed by atoms with Gasteiger partial charge in [0, 0.05) is 18.7 Å². The maximum Gasteiger partial charge on any atom is 0.260 e. The van der Waals surface area contributed by atoms with E-state index in [1.807, 2.05) is 44.1 Å². The summed E-state index contributed by atoms with van der Waals surface area (Å²) in [5.41, 5.74) is 2.58. The molecular formula is C21H25N3O3S. The van der Waals surface area contributed by atoms with E-state index < -0.39 is 0 Å². The molecule has 0 atom stereocenters. The van der Waals surface area contributed by atoms with Crippen LogP contribution in [0, 0.1) is 6.92 Å². The van der Waals surface area contributed by atoms with Gasteiger partial charge in [0.25, 0.3) is 5.91 Å². The molecule has 6 nitrogen and oxygen atoms in total. The molecule has 0 aliphatic rings. The summed E-state index contributed by atoms with van der Waals surface area (Å²) in [7, 11) is 7.11. The van der Waals surface area contributed by atoms with Gasteiger partial charge in [-0.15, -0.1) is 0 Å². The molecule has 0 aliphatic carbocycles. The minimum absolute atomic E-state index is 0.112. The Hall–Kier alpha value is -2.64. The molecule has 0 radical (unpaired) electrons. The molecule has 0 saturated carbocycles. The molecule has 28 heavy (non-hydrogen) atoms. The summed E-state index contributed by atoms with van der Waals surface area (Å²) in [6, 6.07) is 11.3. The van der Waals surface area contributed by atoms with Crippen molar-refractivity contribution in [2.45, 2.75) is 6.92 Å². The SMILES string of the molecule is COc1ccc(C(=O)N(CCN(C)C)c2nc3c(C)cccc3s2)cc1OC. The maximum atomic E-state index is 13.4. The minimum atomic E-state index is -0.112. The summed E-state index contributed by atoms with van der Waals surface area (Å²) < 4.78 is 11.7. The van der Waals surface area contributed by atoms with E-state index in [1.54, 1.807) is 37.3 Å². The number of nitrogens with zero attached hydrogens (tertiary/aromatic N) is 3. The molecule has 7 heteroatoms. The molecule has 0 unspecified atom stereocenters.